The lowest BCUT2D eigenvalue weighted by atomic mass is 10.2. The molecule has 16 heavy (non-hydrogen) atoms. The van der Waals surface area contributed by atoms with Gasteiger partial charge in [-0.25, -0.2) is 0 Å². The van der Waals surface area contributed by atoms with Crippen molar-refractivity contribution < 1.29 is 4.79 Å². The summed E-state index contributed by atoms with van der Waals surface area (Å²) in [5.41, 5.74) is 6.38. The fourth-order valence-electron chi connectivity index (χ4n) is 1.37. The molecular weight excluding hydrogens is 206 g/mol. The van der Waals surface area contributed by atoms with Gasteiger partial charge in [-0.2, -0.15) is 0 Å². The fourth-order valence-corrected chi connectivity index (χ4v) is 1.37. The van der Waals surface area contributed by atoms with Crippen molar-refractivity contribution in [1.29, 1.82) is 0 Å². The highest BCUT2D eigenvalue weighted by Crippen LogP contribution is 1.99. The van der Waals surface area contributed by atoms with E-state index in [4.69, 9.17) is 5.73 Å². The normalized spacial score (nSPS) is 10.4. The molecule has 6 heteroatoms. The van der Waals surface area contributed by atoms with Crippen LogP contribution in [-0.2, 0) is 17.8 Å². The summed E-state index contributed by atoms with van der Waals surface area (Å²) >= 11 is 0. The monoisotopic (exact) mass is 225 g/mol. The Morgan fingerprint density at radius 1 is 1.56 bits per heavy atom. The summed E-state index contributed by atoms with van der Waals surface area (Å²) in [7, 11) is 1.64. The van der Waals surface area contributed by atoms with Gasteiger partial charge < -0.3 is 11.1 Å². The number of carbonyl (C=O) groups excluding carboxylic acids is 1. The van der Waals surface area contributed by atoms with Crippen LogP contribution < -0.4 is 11.1 Å². The molecule has 1 aromatic heterocycles. The van der Waals surface area contributed by atoms with E-state index in [9.17, 15) is 4.79 Å². The second-order valence-corrected chi connectivity index (χ2v) is 3.64. The predicted octanol–water partition coefficient (Wildman–Crippen LogP) is -0.304. The van der Waals surface area contributed by atoms with Crippen LogP contribution in [0.1, 0.15) is 25.0 Å². The minimum atomic E-state index is 0.0588. The van der Waals surface area contributed by atoms with Crippen LogP contribution in [0.4, 0.5) is 0 Å². The zero-order valence-corrected chi connectivity index (χ0v) is 9.65. The number of hydrogen-bond acceptors (Lipinski definition) is 4. The number of aromatic nitrogens is 3. The molecule has 0 aliphatic heterocycles. The molecule has 0 radical (unpaired) electrons. The summed E-state index contributed by atoms with van der Waals surface area (Å²) < 4.78 is 1.77. The third kappa shape index (κ3) is 4.39. The zero-order valence-electron chi connectivity index (χ0n) is 9.65. The van der Waals surface area contributed by atoms with Gasteiger partial charge in [0.25, 0.3) is 0 Å². The molecule has 0 spiro atoms. The molecule has 0 atom stereocenters. The highest BCUT2D eigenvalue weighted by molar-refractivity contribution is 5.75. The molecule has 1 rings (SSSR count). The molecule has 0 saturated carbocycles. The molecule has 90 valence electrons. The lowest BCUT2D eigenvalue weighted by molar-refractivity contribution is -0.120. The van der Waals surface area contributed by atoms with E-state index in [1.165, 1.54) is 0 Å². The van der Waals surface area contributed by atoms with Crippen LogP contribution in [0.15, 0.2) is 6.20 Å². The summed E-state index contributed by atoms with van der Waals surface area (Å²) in [4.78, 5) is 11.0. The van der Waals surface area contributed by atoms with Crippen molar-refractivity contribution in [3.8, 4) is 0 Å². The van der Waals surface area contributed by atoms with E-state index < -0.39 is 0 Å². The quantitative estimate of drug-likeness (QED) is 0.667. The lowest BCUT2D eigenvalue weighted by Gasteiger charge is -1.99. The molecule has 6 nitrogen and oxygen atoms in total. The van der Waals surface area contributed by atoms with Crippen molar-refractivity contribution in [2.24, 2.45) is 5.73 Å². The largest absolute Gasteiger partial charge is 0.359 e. The first-order chi connectivity index (χ1) is 7.76. The van der Waals surface area contributed by atoms with E-state index in [0.29, 0.717) is 13.0 Å². The van der Waals surface area contributed by atoms with Crippen molar-refractivity contribution in [2.45, 2.75) is 32.2 Å². The second-order valence-electron chi connectivity index (χ2n) is 3.64. The first-order valence-corrected chi connectivity index (χ1v) is 5.56. The van der Waals surface area contributed by atoms with E-state index in [2.05, 4.69) is 15.6 Å². The maximum Gasteiger partial charge on any atom is 0.219 e. The summed E-state index contributed by atoms with van der Waals surface area (Å²) in [6, 6.07) is 0. The Kier molecular flexibility index (Phi) is 5.49. The van der Waals surface area contributed by atoms with Gasteiger partial charge in [-0.3, -0.25) is 9.48 Å². The maximum atomic E-state index is 11.0. The van der Waals surface area contributed by atoms with E-state index in [1.54, 1.807) is 11.7 Å². The fraction of sp³-hybridized carbons (Fsp3) is 0.700. The standard InChI is InChI=1S/C10H19N5O/c1-12-10(16)5-3-7-15-8-9(13-14-15)4-2-6-11/h8H,2-7,11H2,1H3,(H,12,16). The van der Waals surface area contributed by atoms with Gasteiger partial charge in [-0.05, 0) is 25.8 Å². The number of amides is 1. The van der Waals surface area contributed by atoms with Crippen LogP contribution in [0, 0.1) is 0 Å². The Hall–Kier alpha value is -1.43. The van der Waals surface area contributed by atoms with Gasteiger partial charge in [0, 0.05) is 26.2 Å². The zero-order chi connectivity index (χ0) is 11.8. The van der Waals surface area contributed by atoms with Crippen molar-refractivity contribution in [1.82, 2.24) is 20.3 Å². The Morgan fingerprint density at radius 2 is 2.38 bits per heavy atom. The summed E-state index contributed by atoms with van der Waals surface area (Å²) in [5.74, 6) is 0.0588. The molecule has 0 aromatic carbocycles. The number of hydrogen-bond donors (Lipinski definition) is 2. The smallest absolute Gasteiger partial charge is 0.219 e. The van der Waals surface area contributed by atoms with E-state index in [0.717, 1.165) is 31.5 Å². The number of carbonyl (C=O) groups is 1. The van der Waals surface area contributed by atoms with Crippen molar-refractivity contribution in [2.75, 3.05) is 13.6 Å². The molecule has 1 aromatic rings. The minimum absolute atomic E-state index is 0.0588. The van der Waals surface area contributed by atoms with Crippen molar-refractivity contribution in [3.05, 3.63) is 11.9 Å². The molecule has 3 N–H and O–H groups in total. The summed E-state index contributed by atoms with van der Waals surface area (Å²) in [6.45, 7) is 1.40. The van der Waals surface area contributed by atoms with Gasteiger partial charge in [0.1, 0.15) is 0 Å². The third-order valence-corrected chi connectivity index (χ3v) is 2.29. The summed E-state index contributed by atoms with van der Waals surface area (Å²) in [5, 5.41) is 10.6. The van der Waals surface area contributed by atoms with Crippen LogP contribution in [0.2, 0.25) is 0 Å². The first-order valence-electron chi connectivity index (χ1n) is 5.56. The van der Waals surface area contributed by atoms with E-state index >= 15 is 0 Å². The van der Waals surface area contributed by atoms with Crippen LogP contribution in [0.3, 0.4) is 0 Å². The Balaban J connectivity index is 2.26. The highest BCUT2D eigenvalue weighted by atomic mass is 16.1. The number of aryl methyl sites for hydroxylation is 2. The number of nitrogens with two attached hydrogens (primary N) is 1. The van der Waals surface area contributed by atoms with Crippen LogP contribution in [0.25, 0.3) is 0 Å². The number of rotatable bonds is 7. The van der Waals surface area contributed by atoms with Gasteiger partial charge in [-0.1, -0.05) is 5.21 Å². The average Bonchev–Trinajstić information content (AvgIpc) is 2.74. The molecule has 0 saturated heterocycles. The SMILES string of the molecule is CNC(=O)CCCn1cc(CCCN)nn1. The van der Waals surface area contributed by atoms with Gasteiger partial charge >= 0.3 is 0 Å². The third-order valence-electron chi connectivity index (χ3n) is 2.29. The van der Waals surface area contributed by atoms with Crippen LogP contribution >= 0.6 is 0 Å². The predicted molar refractivity (Wildman–Crippen MR) is 60.7 cm³/mol. The number of nitrogens with zero attached hydrogens (tertiary/aromatic N) is 3. The molecule has 0 aliphatic carbocycles. The second kappa shape index (κ2) is 6.95. The maximum absolute atomic E-state index is 11.0. The van der Waals surface area contributed by atoms with Crippen LogP contribution in [0.5, 0.6) is 0 Å². The van der Waals surface area contributed by atoms with E-state index in [1.807, 2.05) is 6.20 Å². The molecule has 1 heterocycles. The minimum Gasteiger partial charge on any atom is -0.359 e. The average molecular weight is 225 g/mol. The molecule has 1 amide bonds. The van der Waals surface area contributed by atoms with Crippen molar-refractivity contribution in [3.63, 3.8) is 0 Å². The lowest BCUT2D eigenvalue weighted by Crippen LogP contribution is -2.17. The molecule has 0 unspecified atom stereocenters. The first kappa shape index (κ1) is 12.6. The van der Waals surface area contributed by atoms with E-state index in [-0.39, 0.29) is 5.91 Å². The summed E-state index contributed by atoms with van der Waals surface area (Å²) in [6.07, 6.45) is 5.01. The molecule has 0 bridgehead atoms. The Labute approximate surface area is 95.2 Å². The highest BCUT2D eigenvalue weighted by Gasteiger charge is 2.01. The number of nitrogens with one attached hydrogen (secondary N) is 1. The Bertz CT molecular complexity index is 323. The van der Waals surface area contributed by atoms with Gasteiger partial charge in [0.2, 0.25) is 5.91 Å². The van der Waals surface area contributed by atoms with Crippen LogP contribution in [-0.4, -0.2) is 34.5 Å². The van der Waals surface area contributed by atoms with Crippen molar-refractivity contribution >= 4 is 5.91 Å². The Morgan fingerprint density at radius 3 is 3.06 bits per heavy atom. The van der Waals surface area contributed by atoms with Gasteiger partial charge in [-0.15, -0.1) is 5.10 Å². The van der Waals surface area contributed by atoms with Gasteiger partial charge in [0.15, 0.2) is 0 Å². The molecular formula is C10H19N5O. The molecule has 0 aliphatic rings. The van der Waals surface area contributed by atoms with Gasteiger partial charge in [0.05, 0.1) is 5.69 Å². The molecule has 0 fully saturated rings. The topological polar surface area (TPSA) is 85.8 Å².